The van der Waals surface area contributed by atoms with Gasteiger partial charge < -0.3 is 5.32 Å². The molecule has 2 rings (SSSR count). The first-order chi connectivity index (χ1) is 9.52. The minimum absolute atomic E-state index is 0.0964. The Balaban J connectivity index is 2.31. The van der Waals surface area contributed by atoms with E-state index in [4.69, 9.17) is 34.8 Å². The van der Waals surface area contributed by atoms with Crippen molar-refractivity contribution in [3.63, 3.8) is 0 Å². The van der Waals surface area contributed by atoms with Crippen LogP contribution in [-0.2, 0) is 6.42 Å². The van der Waals surface area contributed by atoms with E-state index >= 15 is 0 Å². The SMILES string of the molecule is CNC(Cc1cccc(Cl)c1Cl)c1ccc(C)cc1Cl. The molecule has 0 bridgehead atoms. The smallest absolute Gasteiger partial charge is 0.0624 e. The lowest BCUT2D eigenvalue weighted by molar-refractivity contribution is 0.592. The lowest BCUT2D eigenvalue weighted by atomic mass is 9.98. The topological polar surface area (TPSA) is 12.0 Å². The predicted molar refractivity (Wildman–Crippen MR) is 88.2 cm³/mol. The maximum Gasteiger partial charge on any atom is 0.0624 e. The molecule has 1 atom stereocenters. The van der Waals surface area contributed by atoms with Crippen molar-refractivity contribution in [3.8, 4) is 0 Å². The van der Waals surface area contributed by atoms with Crippen LogP contribution >= 0.6 is 34.8 Å². The van der Waals surface area contributed by atoms with Gasteiger partial charge in [-0.1, -0.05) is 59.1 Å². The van der Waals surface area contributed by atoms with Gasteiger partial charge in [0.25, 0.3) is 0 Å². The van der Waals surface area contributed by atoms with Crippen LogP contribution in [0.4, 0.5) is 0 Å². The van der Waals surface area contributed by atoms with E-state index in [2.05, 4.69) is 17.4 Å². The van der Waals surface area contributed by atoms with Gasteiger partial charge in [-0.3, -0.25) is 0 Å². The number of rotatable bonds is 4. The lowest BCUT2D eigenvalue weighted by Crippen LogP contribution is -2.19. The highest BCUT2D eigenvalue weighted by molar-refractivity contribution is 6.42. The Morgan fingerprint density at radius 3 is 2.45 bits per heavy atom. The molecule has 0 amide bonds. The van der Waals surface area contributed by atoms with E-state index < -0.39 is 0 Å². The minimum Gasteiger partial charge on any atom is -0.313 e. The summed E-state index contributed by atoms with van der Waals surface area (Å²) in [7, 11) is 1.92. The molecule has 1 unspecified atom stereocenters. The molecule has 0 heterocycles. The molecule has 0 radical (unpaired) electrons. The summed E-state index contributed by atoms with van der Waals surface area (Å²) in [6.45, 7) is 2.03. The molecular weight excluding hydrogens is 313 g/mol. The molecule has 0 fully saturated rings. The normalized spacial score (nSPS) is 12.4. The molecule has 0 saturated heterocycles. The largest absolute Gasteiger partial charge is 0.313 e. The van der Waals surface area contributed by atoms with Gasteiger partial charge in [0.1, 0.15) is 0 Å². The van der Waals surface area contributed by atoms with Gasteiger partial charge in [0.2, 0.25) is 0 Å². The highest BCUT2D eigenvalue weighted by atomic mass is 35.5. The first kappa shape index (κ1) is 15.7. The molecule has 1 nitrogen and oxygen atoms in total. The molecule has 106 valence electrons. The van der Waals surface area contributed by atoms with Crippen LogP contribution in [-0.4, -0.2) is 7.05 Å². The van der Waals surface area contributed by atoms with Crippen molar-refractivity contribution in [2.24, 2.45) is 0 Å². The number of halogens is 3. The second kappa shape index (κ2) is 6.82. The fourth-order valence-electron chi connectivity index (χ4n) is 2.21. The molecule has 4 heteroatoms. The van der Waals surface area contributed by atoms with Crippen molar-refractivity contribution >= 4 is 34.8 Å². The van der Waals surface area contributed by atoms with E-state index in [1.807, 2.05) is 32.2 Å². The van der Waals surface area contributed by atoms with Gasteiger partial charge in [-0.05, 0) is 49.2 Å². The van der Waals surface area contributed by atoms with Crippen molar-refractivity contribution in [2.75, 3.05) is 7.05 Å². The lowest BCUT2D eigenvalue weighted by Gasteiger charge is -2.19. The molecule has 20 heavy (non-hydrogen) atoms. The summed E-state index contributed by atoms with van der Waals surface area (Å²) in [5.74, 6) is 0. The second-order valence-corrected chi connectivity index (χ2v) is 5.98. The molecule has 0 aliphatic carbocycles. The summed E-state index contributed by atoms with van der Waals surface area (Å²) in [5, 5.41) is 5.24. The first-order valence-corrected chi connectivity index (χ1v) is 7.52. The summed E-state index contributed by atoms with van der Waals surface area (Å²) in [5.41, 5.74) is 3.22. The summed E-state index contributed by atoms with van der Waals surface area (Å²) in [4.78, 5) is 0. The van der Waals surface area contributed by atoms with E-state index in [1.54, 1.807) is 6.07 Å². The quantitative estimate of drug-likeness (QED) is 0.786. The number of hydrogen-bond acceptors (Lipinski definition) is 1. The third kappa shape index (κ3) is 3.48. The fraction of sp³-hybridized carbons (Fsp3) is 0.250. The van der Waals surface area contributed by atoms with Gasteiger partial charge in [-0.2, -0.15) is 0 Å². The monoisotopic (exact) mass is 327 g/mol. The Bertz CT molecular complexity index is 611. The minimum atomic E-state index is 0.0964. The van der Waals surface area contributed by atoms with E-state index in [0.717, 1.165) is 28.1 Å². The zero-order chi connectivity index (χ0) is 14.7. The van der Waals surface area contributed by atoms with E-state index in [1.165, 1.54) is 0 Å². The van der Waals surface area contributed by atoms with Gasteiger partial charge in [-0.15, -0.1) is 0 Å². The Morgan fingerprint density at radius 2 is 1.80 bits per heavy atom. The molecule has 0 aliphatic rings. The van der Waals surface area contributed by atoms with E-state index in [9.17, 15) is 0 Å². The number of hydrogen-bond donors (Lipinski definition) is 1. The van der Waals surface area contributed by atoms with Crippen LogP contribution in [0.2, 0.25) is 15.1 Å². The third-order valence-electron chi connectivity index (χ3n) is 3.34. The Morgan fingerprint density at radius 1 is 1.05 bits per heavy atom. The predicted octanol–water partition coefficient (Wildman–Crippen LogP) is 5.46. The van der Waals surface area contributed by atoms with Crippen molar-refractivity contribution in [1.29, 1.82) is 0 Å². The zero-order valence-electron chi connectivity index (χ0n) is 11.4. The molecule has 1 N–H and O–H groups in total. The average Bonchev–Trinajstić information content (AvgIpc) is 2.41. The molecule has 0 spiro atoms. The first-order valence-electron chi connectivity index (χ1n) is 6.39. The van der Waals surface area contributed by atoms with Gasteiger partial charge in [0.15, 0.2) is 0 Å². The fourth-order valence-corrected chi connectivity index (χ4v) is 2.97. The highest BCUT2D eigenvalue weighted by Crippen LogP contribution is 2.31. The van der Waals surface area contributed by atoms with Crippen LogP contribution < -0.4 is 5.32 Å². The van der Waals surface area contributed by atoms with Crippen LogP contribution in [0.15, 0.2) is 36.4 Å². The van der Waals surface area contributed by atoms with Crippen LogP contribution in [0.3, 0.4) is 0 Å². The van der Waals surface area contributed by atoms with Crippen molar-refractivity contribution in [1.82, 2.24) is 5.32 Å². The van der Waals surface area contributed by atoms with E-state index in [-0.39, 0.29) is 6.04 Å². The van der Waals surface area contributed by atoms with Crippen molar-refractivity contribution < 1.29 is 0 Å². The van der Waals surface area contributed by atoms with Gasteiger partial charge in [0.05, 0.1) is 10.0 Å². The van der Waals surface area contributed by atoms with Crippen molar-refractivity contribution in [2.45, 2.75) is 19.4 Å². The zero-order valence-corrected chi connectivity index (χ0v) is 13.7. The summed E-state index contributed by atoms with van der Waals surface area (Å²) < 4.78 is 0. The van der Waals surface area contributed by atoms with Crippen LogP contribution in [0.1, 0.15) is 22.7 Å². The number of likely N-dealkylation sites (N-methyl/N-ethyl adjacent to an activating group) is 1. The van der Waals surface area contributed by atoms with Crippen molar-refractivity contribution in [3.05, 3.63) is 68.2 Å². The van der Waals surface area contributed by atoms with Gasteiger partial charge in [-0.25, -0.2) is 0 Å². The molecule has 2 aromatic carbocycles. The maximum absolute atomic E-state index is 6.34. The van der Waals surface area contributed by atoms with Gasteiger partial charge in [0, 0.05) is 11.1 Å². The van der Waals surface area contributed by atoms with Crippen LogP contribution in [0.25, 0.3) is 0 Å². The van der Waals surface area contributed by atoms with Gasteiger partial charge >= 0.3 is 0 Å². The summed E-state index contributed by atoms with van der Waals surface area (Å²) in [6, 6.07) is 11.9. The average molecular weight is 329 g/mol. The number of benzene rings is 2. The molecule has 0 aliphatic heterocycles. The third-order valence-corrected chi connectivity index (χ3v) is 4.52. The molecule has 0 saturated carbocycles. The number of nitrogens with one attached hydrogen (secondary N) is 1. The number of aryl methyl sites for hydroxylation is 1. The standard InChI is InChI=1S/C16H16Cl3N/c1-10-6-7-12(14(18)8-10)15(20-2)9-11-4-3-5-13(17)16(11)19/h3-8,15,20H,9H2,1-2H3. The van der Waals surface area contributed by atoms with Crippen LogP contribution in [0.5, 0.6) is 0 Å². The second-order valence-electron chi connectivity index (χ2n) is 4.78. The summed E-state index contributed by atoms with van der Waals surface area (Å²) >= 11 is 18.7. The Labute approximate surface area is 134 Å². The van der Waals surface area contributed by atoms with Crippen LogP contribution in [0, 0.1) is 6.92 Å². The molecular formula is C16H16Cl3N. The maximum atomic E-state index is 6.34. The summed E-state index contributed by atoms with van der Waals surface area (Å²) in [6.07, 6.45) is 0.735. The highest BCUT2D eigenvalue weighted by Gasteiger charge is 2.16. The molecule has 2 aromatic rings. The Kier molecular flexibility index (Phi) is 5.34. The Hall–Kier alpha value is -0.730. The molecule has 0 aromatic heterocycles. The van der Waals surface area contributed by atoms with E-state index in [0.29, 0.717) is 10.0 Å².